The summed E-state index contributed by atoms with van der Waals surface area (Å²) in [7, 11) is 1.30. The molecule has 0 spiro atoms. The lowest BCUT2D eigenvalue weighted by Crippen LogP contribution is -2.37. The van der Waals surface area contributed by atoms with Crippen LogP contribution in [0.2, 0.25) is 0 Å². The highest BCUT2D eigenvalue weighted by Gasteiger charge is 2.39. The van der Waals surface area contributed by atoms with E-state index < -0.39 is 17.4 Å². The van der Waals surface area contributed by atoms with Crippen molar-refractivity contribution in [3.63, 3.8) is 0 Å². The van der Waals surface area contributed by atoms with Crippen molar-refractivity contribution >= 4 is 11.9 Å². The standard InChI is InChI=1S/C14H18O4/c1-4-18-13(16)14(2,10-12(15)17-3)11-8-6-5-7-9-11/h5-9H,4,10H2,1-3H3. The number of carbonyl (C=O) groups is 2. The first-order valence-electron chi connectivity index (χ1n) is 5.84. The molecule has 0 aliphatic rings. The Bertz CT molecular complexity index is 413. The summed E-state index contributed by atoms with van der Waals surface area (Å²) < 4.78 is 9.71. The molecule has 0 bridgehead atoms. The minimum Gasteiger partial charge on any atom is -0.469 e. The Morgan fingerprint density at radius 2 is 1.83 bits per heavy atom. The van der Waals surface area contributed by atoms with E-state index in [9.17, 15) is 9.59 Å². The van der Waals surface area contributed by atoms with E-state index in [-0.39, 0.29) is 13.0 Å². The molecule has 0 saturated heterocycles. The quantitative estimate of drug-likeness (QED) is 0.751. The number of methoxy groups -OCH3 is 1. The van der Waals surface area contributed by atoms with Crippen molar-refractivity contribution in [2.75, 3.05) is 13.7 Å². The zero-order valence-corrected chi connectivity index (χ0v) is 10.9. The Balaban J connectivity index is 3.08. The van der Waals surface area contributed by atoms with Crippen LogP contribution in [0.5, 0.6) is 0 Å². The molecule has 4 heteroatoms. The third kappa shape index (κ3) is 3.09. The van der Waals surface area contributed by atoms with Crippen LogP contribution in [0.4, 0.5) is 0 Å². The number of hydrogen-bond acceptors (Lipinski definition) is 4. The maximum Gasteiger partial charge on any atom is 0.316 e. The third-order valence-corrected chi connectivity index (χ3v) is 2.86. The fourth-order valence-electron chi connectivity index (χ4n) is 1.75. The molecule has 0 aliphatic heterocycles. The van der Waals surface area contributed by atoms with Crippen LogP contribution in [0.3, 0.4) is 0 Å². The fourth-order valence-corrected chi connectivity index (χ4v) is 1.75. The van der Waals surface area contributed by atoms with Gasteiger partial charge in [-0.05, 0) is 19.4 Å². The average Bonchev–Trinajstić information content (AvgIpc) is 2.39. The number of esters is 2. The molecular weight excluding hydrogens is 232 g/mol. The van der Waals surface area contributed by atoms with Gasteiger partial charge in [-0.2, -0.15) is 0 Å². The van der Waals surface area contributed by atoms with Crippen LogP contribution in [-0.2, 0) is 24.5 Å². The SMILES string of the molecule is CCOC(=O)C(C)(CC(=O)OC)c1ccccc1. The van der Waals surface area contributed by atoms with Crippen LogP contribution < -0.4 is 0 Å². The molecule has 0 radical (unpaired) electrons. The minimum absolute atomic E-state index is 0.0354. The second-order valence-corrected chi connectivity index (χ2v) is 4.17. The van der Waals surface area contributed by atoms with Gasteiger partial charge in [0.1, 0.15) is 5.41 Å². The molecule has 0 heterocycles. The number of ether oxygens (including phenoxy) is 2. The number of carbonyl (C=O) groups excluding carboxylic acids is 2. The average molecular weight is 250 g/mol. The minimum atomic E-state index is -1.01. The molecule has 1 aromatic rings. The van der Waals surface area contributed by atoms with Gasteiger partial charge in [-0.1, -0.05) is 30.3 Å². The fraction of sp³-hybridized carbons (Fsp3) is 0.429. The van der Waals surface area contributed by atoms with Crippen molar-refractivity contribution < 1.29 is 19.1 Å². The van der Waals surface area contributed by atoms with E-state index in [0.29, 0.717) is 0 Å². The molecule has 0 amide bonds. The second kappa shape index (κ2) is 6.19. The Morgan fingerprint density at radius 3 is 2.33 bits per heavy atom. The zero-order valence-electron chi connectivity index (χ0n) is 10.9. The smallest absolute Gasteiger partial charge is 0.316 e. The first-order valence-corrected chi connectivity index (χ1v) is 5.84. The molecule has 0 aromatic heterocycles. The van der Waals surface area contributed by atoms with E-state index in [4.69, 9.17) is 4.74 Å². The molecule has 18 heavy (non-hydrogen) atoms. The molecule has 1 unspecified atom stereocenters. The van der Waals surface area contributed by atoms with Gasteiger partial charge in [-0.3, -0.25) is 9.59 Å². The largest absolute Gasteiger partial charge is 0.469 e. The summed E-state index contributed by atoms with van der Waals surface area (Å²) in [6.45, 7) is 3.71. The summed E-state index contributed by atoms with van der Waals surface area (Å²) >= 11 is 0. The molecular formula is C14H18O4. The maximum atomic E-state index is 12.1. The van der Waals surface area contributed by atoms with Crippen molar-refractivity contribution in [1.82, 2.24) is 0 Å². The van der Waals surface area contributed by atoms with Crippen molar-refractivity contribution in [3.05, 3.63) is 35.9 Å². The summed E-state index contributed by atoms with van der Waals surface area (Å²) in [5.74, 6) is -0.851. The predicted molar refractivity (Wildman–Crippen MR) is 67.1 cm³/mol. The molecule has 0 aliphatic carbocycles. The van der Waals surface area contributed by atoms with E-state index >= 15 is 0 Å². The molecule has 98 valence electrons. The highest BCUT2D eigenvalue weighted by atomic mass is 16.5. The second-order valence-electron chi connectivity index (χ2n) is 4.17. The van der Waals surface area contributed by atoms with Gasteiger partial charge in [-0.15, -0.1) is 0 Å². The van der Waals surface area contributed by atoms with Gasteiger partial charge in [0.15, 0.2) is 0 Å². The zero-order chi connectivity index (χ0) is 13.6. The van der Waals surface area contributed by atoms with Gasteiger partial charge in [0.2, 0.25) is 0 Å². The molecule has 0 N–H and O–H groups in total. The lowest BCUT2D eigenvalue weighted by Gasteiger charge is -2.26. The first-order chi connectivity index (χ1) is 8.54. The van der Waals surface area contributed by atoms with E-state index in [0.717, 1.165) is 5.56 Å². The van der Waals surface area contributed by atoms with Gasteiger partial charge < -0.3 is 9.47 Å². The summed E-state index contributed by atoms with van der Waals surface area (Å²) in [6, 6.07) is 9.11. The van der Waals surface area contributed by atoms with E-state index in [2.05, 4.69) is 4.74 Å². The van der Waals surface area contributed by atoms with Crippen molar-refractivity contribution in [2.24, 2.45) is 0 Å². The van der Waals surface area contributed by atoms with Crippen molar-refractivity contribution in [1.29, 1.82) is 0 Å². The number of benzene rings is 1. The molecule has 4 nitrogen and oxygen atoms in total. The molecule has 1 atom stereocenters. The molecule has 0 fully saturated rings. The summed E-state index contributed by atoms with van der Waals surface area (Å²) in [4.78, 5) is 23.6. The monoisotopic (exact) mass is 250 g/mol. The summed E-state index contributed by atoms with van der Waals surface area (Å²) in [5.41, 5.74) is -0.265. The molecule has 1 aromatic carbocycles. The highest BCUT2D eigenvalue weighted by molar-refractivity contribution is 5.88. The Hall–Kier alpha value is -1.84. The Labute approximate surface area is 107 Å². The maximum absolute atomic E-state index is 12.1. The van der Waals surface area contributed by atoms with Gasteiger partial charge in [-0.25, -0.2) is 0 Å². The van der Waals surface area contributed by atoms with Crippen LogP contribution in [0.1, 0.15) is 25.8 Å². The van der Waals surface area contributed by atoms with Gasteiger partial charge >= 0.3 is 11.9 Å². The van der Waals surface area contributed by atoms with Gasteiger partial charge in [0, 0.05) is 0 Å². The topological polar surface area (TPSA) is 52.6 Å². The van der Waals surface area contributed by atoms with Gasteiger partial charge in [0.25, 0.3) is 0 Å². The summed E-state index contributed by atoms with van der Waals surface area (Å²) in [6.07, 6.45) is -0.0354. The highest BCUT2D eigenvalue weighted by Crippen LogP contribution is 2.29. The van der Waals surface area contributed by atoms with Crippen LogP contribution in [-0.4, -0.2) is 25.7 Å². The first kappa shape index (κ1) is 14.2. The van der Waals surface area contributed by atoms with Crippen LogP contribution >= 0.6 is 0 Å². The van der Waals surface area contributed by atoms with Crippen LogP contribution in [0.15, 0.2) is 30.3 Å². The Kier molecular flexibility index (Phi) is 4.89. The van der Waals surface area contributed by atoms with Crippen LogP contribution in [0.25, 0.3) is 0 Å². The number of rotatable bonds is 5. The van der Waals surface area contributed by atoms with E-state index in [1.54, 1.807) is 26.0 Å². The van der Waals surface area contributed by atoms with Crippen molar-refractivity contribution in [2.45, 2.75) is 25.7 Å². The lowest BCUT2D eigenvalue weighted by molar-refractivity contribution is -0.155. The summed E-state index contributed by atoms with van der Waals surface area (Å²) in [5, 5.41) is 0. The van der Waals surface area contributed by atoms with Crippen LogP contribution in [0, 0.1) is 0 Å². The molecule has 1 rings (SSSR count). The predicted octanol–water partition coefficient (Wildman–Crippen LogP) is 2.07. The van der Waals surface area contributed by atoms with E-state index in [1.165, 1.54) is 7.11 Å². The van der Waals surface area contributed by atoms with Crippen molar-refractivity contribution in [3.8, 4) is 0 Å². The number of hydrogen-bond donors (Lipinski definition) is 0. The Morgan fingerprint density at radius 1 is 1.22 bits per heavy atom. The normalized spacial score (nSPS) is 13.5. The molecule has 0 saturated carbocycles. The lowest BCUT2D eigenvalue weighted by atomic mass is 9.79. The third-order valence-electron chi connectivity index (χ3n) is 2.86. The van der Waals surface area contributed by atoms with E-state index in [1.807, 2.05) is 18.2 Å². The van der Waals surface area contributed by atoms with Gasteiger partial charge in [0.05, 0.1) is 20.1 Å².